The molecule has 0 saturated carbocycles. The normalized spacial score (nSPS) is 10.9. The number of Topliss-reactive ketones (excluding diaryl/α,β-unsaturated/α-hetero) is 1. The van der Waals surface area contributed by atoms with Crippen molar-refractivity contribution in [3.63, 3.8) is 0 Å². The predicted octanol–water partition coefficient (Wildman–Crippen LogP) is 3.72. The van der Waals surface area contributed by atoms with Crippen molar-refractivity contribution in [3.05, 3.63) is 70.5 Å². The van der Waals surface area contributed by atoms with E-state index in [0.717, 1.165) is 11.1 Å². The number of carbonyl (C=O) groups is 1. The lowest BCUT2D eigenvalue weighted by molar-refractivity contribution is -0.119. The minimum Gasteiger partial charge on any atom is -0.298 e. The van der Waals surface area contributed by atoms with E-state index in [1.54, 1.807) is 12.1 Å². The molecule has 4 heteroatoms. The fourth-order valence-corrected chi connectivity index (χ4v) is 2.36. The van der Waals surface area contributed by atoms with E-state index < -0.39 is 0 Å². The molecule has 2 aromatic rings. The molecule has 0 saturated heterocycles. The van der Waals surface area contributed by atoms with Crippen molar-refractivity contribution in [2.45, 2.75) is 13.0 Å². The quantitative estimate of drug-likeness (QED) is 0.810. The summed E-state index contributed by atoms with van der Waals surface area (Å²) in [6, 6.07) is 13.6. The third-order valence-electron chi connectivity index (χ3n) is 3.16. The van der Waals surface area contributed by atoms with Crippen molar-refractivity contribution in [1.82, 2.24) is 4.90 Å². The number of halogens is 2. The van der Waals surface area contributed by atoms with Gasteiger partial charge in [0.25, 0.3) is 0 Å². The van der Waals surface area contributed by atoms with Gasteiger partial charge in [0, 0.05) is 18.0 Å². The first-order valence-corrected chi connectivity index (χ1v) is 7.10. The van der Waals surface area contributed by atoms with Gasteiger partial charge >= 0.3 is 0 Å². The molecule has 0 heterocycles. The fourth-order valence-electron chi connectivity index (χ4n) is 2.16. The first kappa shape index (κ1) is 15.7. The molecule has 0 aliphatic carbocycles. The van der Waals surface area contributed by atoms with E-state index in [0.29, 0.717) is 24.5 Å². The molecule has 0 aromatic heterocycles. The second kappa shape index (κ2) is 7.34. The van der Waals surface area contributed by atoms with Crippen molar-refractivity contribution >= 4 is 17.4 Å². The Hall–Kier alpha value is -1.71. The van der Waals surface area contributed by atoms with Gasteiger partial charge in [0.05, 0.1) is 6.54 Å². The number of benzene rings is 2. The lowest BCUT2D eigenvalue weighted by Crippen LogP contribution is -2.26. The van der Waals surface area contributed by atoms with Gasteiger partial charge in [0.15, 0.2) is 5.78 Å². The highest BCUT2D eigenvalue weighted by Crippen LogP contribution is 2.16. The molecular weight excluding hydrogens is 289 g/mol. The van der Waals surface area contributed by atoms with Gasteiger partial charge in [-0.15, -0.1) is 0 Å². The van der Waals surface area contributed by atoms with Gasteiger partial charge in [0.1, 0.15) is 5.82 Å². The van der Waals surface area contributed by atoms with Crippen LogP contribution in [0.5, 0.6) is 0 Å². The molecule has 21 heavy (non-hydrogen) atoms. The number of nitrogens with zero attached hydrogens (tertiary/aromatic N) is 1. The van der Waals surface area contributed by atoms with Crippen LogP contribution in [0.3, 0.4) is 0 Å². The summed E-state index contributed by atoms with van der Waals surface area (Å²) in [5.74, 6) is -0.196. The Kier molecular flexibility index (Phi) is 5.48. The fraction of sp³-hybridized carbons (Fsp3) is 0.235. The lowest BCUT2D eigenvalue weighted by Gasteiger charge is -2.16. The summed E-state index contributed by atoms with van der Waals surface area (Å²) < 4.78 is 12.8. The van der Waals surface area contributed by atoms with Gasteiger partial charge in [-0.2, -0.15) is 0 Å². The Morgan fingerprint density at radius 1 is 1.14 bits per heavy atom. The summed E-state index contributed by atoms with van der Waals surface area (Å²) in [4.78, 5) is 13.9. The molecule has 110 valence electrons. The highest BCUT2D eigenvalue weighted by atomic mass is 35.5. The number of ketones is 1. The van der Waals surface area contributed by atoms with Crippen LogP contribution in [0.15, 0.2) is 48.5 Å². The highest BCUT2D eigenvalue weighted by Gasteiger charge is 2.09. The van der Waals surface area contributed by atoms with Crippen LogP contribution in [0.1, 0.15) is 11.1 Å². The standard InChI is InChI=1S/C17H17ClFNO/c1-20(11-14-4-2-3-5-17(14)18)12-16(21)10-13-6-8-15(19)9-7-13/h2-9H,10-12H2,1H3. The van der Waals surface area contributed by atoms with Crippen LogP contribution in [0.4, 0.5) is 4.39 Å². The van der Waals surface area contributed by atoms with E-state index in [1.165, 1.54) is 12.1 Å². The number of hydrogen-bond donors (Lipinski definition) is 0. The third kappa shape index (κ3) is 4.96. The zero-order valence-electron chi connectivity index (χ0n) is 11.9. The van der Waals surface area contributed by atoms with Crippen LogP contribution in [0.2, 0.25) is 5.02 Å². The van der Waals surface area contributed by atoms with E-state index >= 15 is 0 Å². The second-order valence-electron chi connectivity index (χ2n) is 5.11. The second-order valence-corrected chi connectivity index (χ2v) is 5.51. The zero-order valence-corrected chi connectivity index (χ0v) is 12.6. The summed E-state index contributed by atoms with van der Waals surface area (Å²) in [6.45, 7) is 0.956. The summed E-state index contributed by atoms with van der Waals surface area (Å²) in [5, 5.41) is 0.704. The van der Waals surface area contributed by atoms with Crippen molar-refractivity contribution in [1.29, 1.82) is 0 Å². The van der Waals surface area contributed by atoms with Crippen molar-refractivity contribution in [3.8, 4) is 0 Å². The van der Waals surface area contributed by atoms with Gasteiger partial charge in [0.2, 0.25) is 0 Å². The van der Waals surface area contributed by atoms with E-state index in [9.17, 15) is 9.18 Å². The Bertz CT molecular complexity index is 612. The van der Waals surface area contributed by atoms with Gasteiger partial charge in [-0.3, -0.25) is 9.69 Å². The van der Waals surface area contributed by atoms with Crippen molar-refractivity contribution in [2.24, 2.45) is 0 Å². The first-order chi connectivity index (χ1) is 10.0. The molecule has 0 atom stereocenters. The summed E-state index contributed by atoms with van der Waals surface area (Å²) in [5.41, 5.74) is 1.82. The molecule has 0 aliphatic rings. The van der Waals surface area contributed by atoms with E-state index in [4.69, 9.17) is 11.6 Å². The molecule has 2 aromatic carbocycles. The molecule has 0 fully saturated rings. The third-order valence-corrected chi connectivity index (χ3v) is 3.53. The van der Waals surface area contributed by atoms with Gasteiger partial charge < -0.3 is 0 Å². The maximum absolute atomic E-state index is 12.8. The Morgan fingerprint density at radius 2 is 1.81 bits per heavy atom. The molecule has 0 radical (unpaired) electrons. The smallest absolute Gasteiger partial charge is 0.151 e. The van der Waals surface area contributed by atoms with E-state index in [2.05, 4.69) is 0 Å². The average Bonchev–Trinajstić information content (AvgIpc) is 2.44. The number of hydrogen-bond acceptors (Lipinski definition) is 2. The zero-order chi connectivity index (χ0) is 15.2. The molecule has 2 nitrogen and oxygen atoms in total. The van der Waals surface area contributed by atoms with Crippen LogP contribution in [-0.2, 0) is 17.8 Å². The molecule has 2 rings (SSSR count). The maximum atomic E-state index is 12.8. The molecule has 0 aliphatic heterocycles. The van der Waals surface area contributed by atoms with Crippen LogP contribution < -0.4 is 0 Å². The predicted molar refractivity (Wildman–Crippen MR) is 82.9 cm³/mol. The number of likely N-dealkylation sites (N-methyl/N-ethyl adjacent to an activating group) is 1. The number of carbonyl (C=O) groups excluding carboxylic acids is 1. The van der Waals surface area contributed by atoms with Gasteiger partial charge in [-0.1, -0.05) is 41.9 Å². The molecular formula is C17H17ClFNO. The Labute approximate surface area is 129 Å². The molecule has 0 unspecified atom stereocenters. The summed E-state index contributed by atoms with van der Waals surface area (Å²) in [6.07, 6.45) is 0.313. The van der Waals surface area contributed by atoms with Gasteiger partial charge in [-0.05, 0) is 36.4 Å². The van der Waals surface area contributed by atoms with E-state index in [-0.39, 0.29) is 11.6 Å². The highest BCUT2D eigenvalue weighted by molar-refractivity contribution is 6.31. The topological polar surface area (TPSA) is 20.3 Å². The van der Waals surface area contributed by atoms with Crippen LogP contribution in [0.25, 0.3) is 0 Å². The minimum atomic E-state index is -0.290. The van der Waals surface area contributed by atoms with E-state index in [1.807, 2.05) is 36.2 Å². The molecule has 0 amide bonds. The summed E-state index contributed by atoms with van der Waals surface area (Å²) >= 11 is 6.10. The van der Waals surface area contributed by atoms with Crippen LogP contribution in [-0.4, -0.2) is 24.3 Å². The monoisotopic (exact) mass is 305 g/mol. The molecule has 0 bridgehead atoms. The van der Waals surface area contributed by atoms with Crippen LogP contribution >= 0.6 is 11.6 Å². The van der Waals surface area contributed by atoms with Crippen molar-refractivity contribution < 1.29 is 9.18 Å². The van der Waals surface area contributed by atoms with Crippen molar-refractivity contribution in [2.75, 3.05) is 13.6 Å². The Balaban J connectivity index is 1.87. The van der Waals surface area contributed by atoms with Crippen LogP contribution in [0, 0.1) is 5.82 Å². The average molecular weight is 306 g/mol. The lowest BCUT2D eigenvalue weighted by atomic mass is 10.1. The maximum Gasteiger partial charge on any atom is 0.151 e. The van der Waals surface area contributed by atoms with Gasteiger partial charge in [-0.25, -0.2) is 4.39 Å². The number of rotatable bonds is 6. The molecule has 0 N–H and O–H groups in total. The first-order valence-electron chi connectivity index (χ1n) is 6.72. The molecule has 0 spiro atoms. The largest absolute Gasteiger partial charge is 0.298 e. The Morgan fingerprint density at radius 3 is 2.48 bits per heavy atom. The SMILES string of the molecule is CN(CC(=O)Cc1ccc(F)cc1)Cc1ccccc1Cl. The summed E-state index contributed by atoms with van der Waals surface area (Å²) in [7, 11) is 1.88. The minimum absolute atomic E-state index is 0.0937.